The second kappa shape index (κ2) is 4.40. The smallest absolute Gasteiger partial charge is 0.387 e. The van der Waals surface area contributed by atoms with E-state index in [1.807, 2.05) is 0 Å². The Labute approximate surface area is 96.4 Å². The Bertz CT molecular complexity index is 525. The molecule has 0 unspecified atom stereocenters. The summed E-state index contributed by atoms with van der Waals surface area (Å²) < 4.78 is 29.2. The van der Waals surface area contributed by atoms with Gasteiger partial charge in [-0.15, -0.1) is 0 Å². The molecule has 0 atom stereocenters. The van der Waals surface area contributed by atoms with E-state index < -0.39 is 6.61 Å². The summed E-state index contributed by atoms with van der Waals surface area (Å²) in [6.45, 7) is -1.19. The molecule has 2 aromatic rings. The first-order valence-corrected chi connectivity index (χ1v) is 4.93. The molecular weight excluding hydrogens is 228 g/mol. The number of H-pyrrole nitrogens is 1. The predicted octanol–water partition coefficient (Wildman–Crippen LogP) is 2.57. The number of benzene rings is 1. The van der Waals surface area contributed by atoms with Crippen molar-refractivity contribution in [3.05, 3.63) is 30.0 Å². The van der Waals surface area contributed by atoms with Crippen LogP contribution in [0.2, 0.25) is 0 Å². The van der Waals surface area contributed by atoms with E-state index in [4.69, 9.17) is 5.73 Å². The van der Waals surface area contributed by atoms with Crippen LogP contribution in [-0.2, 0) is 0 Å². The molecule has 1 aromatic carbocycles. The van der Waals surface area contributed by atoms with Crippen molar-refractivity contribution in [2.45, 2.75) is 13.5 Å². The lowest BCUT2D eigenvalue weighted by molar-refractivity contribution is -0.0499. The zero-order valence-corrected chi connectivity index (χ0v) is 9.08. The summed E-state index contributed by atoms with van der Waals surface area (Å²) in [4.78, 5) is 0. The Morgan fingerprint density at radius 1 is 1.41 bits per heavy atom. The van der Waals surface area contributed by atoms with Crippen LogP contribution in [0, 0.1) is 6.92 Å². The van der Waals surface area contributed by atoms with Gasteiger partial charge in [0.25, 0.3) is 0 Å². The number of aromatic amines is 1. The minimum atomic E-state index is -2.88. The van der Waals surface area contributed by atoms with Crippen LogP contribution in [0.15, 0.2) is 24.4 Å². The third-order valence-corrected chi connectivity index (χ3v) is 2.36. The summed E-state index contributed by atoms with van der Waals surface area (Å²) in [6, 6.07) is 5.08. The number of aryl methyl sites for hydroxylation is 1. The number of rotatable bonds is 3. The highest BCUT2D eigenvalue weighted by atomic mass is 19.3. The van der Waals surface area contributed by atoms with Gasteiger partial charge in [-0.25, -0.2) is 0 Å². The molecule has 0 saturated heterocycles. The number of hydrogen-bond donors (Lipinski definition) is 2. The maximum atomic E-state index is 12.3. The maximum absolute atomic E-state index is 12.3. The van der Waals surface area contributed by atoms with E-state index in [2.05, 4.69) is 14.9 Å². The summed E-state index contributed by atoms with van der Waals surface area (Å²) in [5.41, 5.74) is 7.63. The fourth-order valence-electron chi connectivity index (χ4n) is 1.61. The fourth-order valence-corrected chi connectivity index (χ4v) is 1.61. The van der Waals surface area contributed by atoms with Gasteiger partial charge in [0, 0.05) is 5.56 Å². The van der Waals surface area contributed by atoms with E-state index in [9.17, 15) is 8.78 Å². The Kier molecular flexibility index (Phi) is 2.95. The topological polar surface area (TPSA) is 63.9 Å². The molecule has 0 fully saturated rings. The monoisotopic (exact) mass is 239 g/mol. The van der Waals surface area contributed by atoms with Crippen molar-refractivity contribution in [3.63, 3.8) is 0 Å². The van der Waals surface area contributed by atoms with Gasteiger partial charge in [-0.1, -0.05) is 12.1 Å². The van der Waals surface area contributed by atoms with Crippen molar-refractivity contribution < 1.29 is 13.5 Å². The van der Waals surface area contributed by atoms with Crippen molar-refractivity contribution in [1.29, 1.82) is 0 Å². The minimum absolute atomic E-state index is 0.110. The summed E-state index contributed by atoms with van der Waals surface area (Å²) in [7, 11) is 0. The van der Waals surface area contributed by atoms with E-state index in [0.717, 1.165) is 0 Å². The third kappa shape index (κ3) is 2.20. The molecule has 0 radical (unpaired) electrons. The number of nitrogen functional groups attached to an aromatic ring is 1. The first-order valence-electron chi connectivity index (χ1n) is 4.93. The largest absolute Gasteiger partial charge is 0.434 e. The first-order chi connectivity index (χ1) is 8.09. The van der Waals surface area contributed by atoms with E-state index in [0.29, 0.717) is 22.5 Å². The second-order valence-corrected chi connectivity index (χ2v) is 3.53. The number of nitrogens with two attached hydrogens (primary N) is 1. The summed E-state index contributed by atoms with van der Waals surface area (Å²) >= 11 is 0. The normalized spacial score (nSPS) is 10.8. The average molecular weight is 239 g/mol. The van der Waals surface area contributed by atoms with E-state index in [-0.39, 0.29) is 5.75 Å². The molecule has 90 valence electrons. The summed E-state index contributed by atoms with van der Waals surface area (Å²) in [6.07, 6.45) is 1.42. The highest BCUT2D eigenvalue weighted by Gasteiger charge is 2.16. The van der Waals surface area contributed by atoms with Crippen molar-refractivity contribution in [1.82, 2.24) is 10.2 Å². The Morgan fingerprint density at radius 3 is 2.76 bits per heavy atom. The lowest BCUT2D eigenvalue weighted by Crippen LogP contribution is -2.05. The van der Waals surface area contributed by atoms with Crippen LogP contribution < -0.4 is 10.5 Å². The Morgan fingerprint density at radius 2 is 2.18 bits per heavy atom. The summed E-state index contributed by atoms with van der Waals surface area (Å²) in [5.74, 6) is 0.110. The predicted molar refractivity (Wildman–Crippen MR) is 59.8 cm³/mol. The van der Waals surface area contributed by atoms with Gasteiger partial charge < -0.3 is 10.5 Å². The lowest BCUT2D eigenvalue weighted by atomic mass is 10.1. The number of nitrogens with one attached hydrogen (secondary N) is 1. The molecule has 1 heterocycles. The van der Waals surface area contributed by atoms with Crippen LogP contribution in [0.3, 0.4) is 0 Å². The van der Waals surface area contributed by atoms with Gasteiger partial charge in [-0.05, 0) is 18.6 Å². The van der Waals surface area contributed by atoms with Gasteiger partial charge in [0.2, 0.25) is 0 Å². The lowest BCUT2D eigenvalue weighted by Gasteiger charge is -2.12. The van der Waals surface area contributed by atoms with Crippen molar-refractivity contribution in [2.75, 3.05) is 5.73 Å². The molecule has 2 rings (SSSR count). The molecule has 6 heteroatoms. The van der Waals surface area contributed by atoms with E-state index >= 15 is 0 Å². The van der Waals surface area contributed by atoms with Crippen LogP contribution in [0.5, 0.6) is 5.75 Å². The second-order valence-electron chi connectivity index (χ2n) is 3.53. The third-order valence-electron chi connectivity index (χ3n) is 2.36. The van der Waals surface area contributed by atoms with Crippen molar-refractivity contribution in [3.8, 4) is 17.0 Å². The molecule has 17 heavy (non-hydrogen) atoms. The van der Waals surface area contributed by atoms with Crippen molar-refractivity contribution in [2.24, 2.45) is 0 Å². The number of hydrogen-bond acceptors (Lipinski definition) is 3. The SMILES string of the molecule is Cc1cccc(-c2[nH]ncc2N)c1OC(F)F. The molecule has 0 aliphatic rings. The molecular formula is C11H11F2N3O. The van der Waals surface area contributed by atoms with Crippen molar-refractivity contribution >= 4 is 5.69 Å². The number of nitrogens with zero attached hydrogens (tertiary/aromatic N) is 1. The minimum Gasteiger partial charge on any atom is -0.434 e. The highest BCUT2D eigenvalue weighted by Crippen LogP contribution is 2.35. The van der Waals surface area contributed by atoms with Gasteiger partial charge in [-0.3, -0.25) is 5.10 Å². The zero-order chi connectivity index (χ0) is 12.4. The van der Waals surface area contributed by atoms with E-state index in [1.165, 1.54) is 6.20 Å². The number of alkyl halides is 2. The molecule has 4 nitrogen and oxygen atoms in total. The number of para-hydroxylation sites is 1. The maximum Gasteiger partial charge on any atom is 0.387 e. The van der Waals surface area contributed by atoms with Gasteiger partial charge in [0.05, 0.1) is 17.6 Å². The number of anilines is 1. The number of halogens is 2. The Hall–Kier alpha value is -2.11. The number of ether oxygens (including phenoxy) is 1. The summed E-state index contributed by atoms with van der Waals surface area (Å²) in [5, 5.41) is 6.42. The molecule has 0 saturated carbocycles. The van der Waals surface area contributed by atoms with Gasteiger partial charge in [-0.2, -0.15) is 13.9 Å². The average Bonchev–Trinajstić information content (AvgIpc) is 2.67. The first kappa shape index (κ1) is 11.4. The van der Waals surface area contributed by atoms with Crippen LogP contribution in [0.4, 0.5) is 14.5 Å². The molecule has 0 aliphatic heterocycles. The van der Waals surface area contributed by atoms with Crippen LogP contribution in [-0.4, -0.2) is 16.8 Å². The standard InChI is InChI=1S/C11H11F2N3O/c1-6-3-2-4-7(10(6)17-11(12)13)9-8(14)5-15-16-9/h2-5,11H,14H2,1H3,(H,15,16). The molecule has 1 aromatic heterocycles. The van der Waals surface area contributed by atoms with Crippen LogP contribution in [0.25, 0.3) is 11.3 Å². The van der Waals surface area contributed by atoms with Gasteiger partial charge >= 0.3 is 6.61 Å². The quantitative estimate of drug-likeness (QED) is 0.865. The Balaban J connectivity index is 2.54. The molecule has 3 N–H and O–H groups in total. The number of aromatic nitrogens is 2. The molecule has 0 amide bonds. The van der Waals surface area contributed by atoms with Gasteiger partial charge in [0.1, 0.15) is 5.75 Å². The highest BCUT2D eigenvalue weighted by molar-refractivity contribution is 5.77. The van der Waals surface area contributed by atoms with Gasteiger partial charge in [0.15, 0.2) is 0 Å². The zero-order valence-electron chi connectivity index (χ0n) is 9.08. The molecule has 0 spiro atoms. The van der Waals surface area contributed by atoms with Crippen LogP contribution >= 0.6 is 0 Å². The fraction of sp³-hybridized carbons (Fsp3) is 0.182. The van der Waals surface area contributed by atoms with Crippen LogP contribution in [0.1, 0.15) is 5.56 Å². The molecule has 0 aliphatic carbocycles. The van der Waals surface area contributed by atoms with E-state index in [1.54, 1.807) is 25.1 Å². The molecule has 0 bridgehead atoms.